The largest absolute Gasteiger partial charge is 0.322 e. The van der Waals surface area contributed by atoms with Crippen LogP contribution in [0.25, 0.3) is 0 Å². The Balaban J connectivity index is 1.59. The third kappa shape index (κ3) is 4.43. The molecule has 0 radical (unpaired) electrons. The molecular weight excluding hydrogens is 344 g/mol. The van der Waals surface area contributed by atoms with E-state index in [0.717, 1.165) is 50.4 Å². The molecule has 6 heteroatoms. The van der Waals surface area contributed by atoms with Crippen molar-refractivity contribution < 1.29 is 19.2 Å². The van der Waals surface area contributed by atoms with Crippen LogP contribution in [-0.4, -0.2) is 34.9 Å². The van der Waals surface area contributed by atoms with E-state index in [-0.39, 0.29) is 24.1 Å². The van der Waals surface area contributed by atoms with Crippen molar-refractivity contribution in [3.05, 3.63) is 34.9 Å². The molecule has 144 valence electrons. The number of aldehydes is 1. The first-order valence-corrected chi connectivity index (χ1v) is 9.81. The average molecular weight is 370 g/mol. The quantitative estimate of drug-likeness (QED) is 0.411. The molecule has 1 aromatic carbocycles. The summed E-state index contributed by atoms with van der Waals surface area (Å²) in [6.45, 7) is 0.440. The van der Waals surface area contributed by atoms with Crippen molar-refractivity contribution in [1.29, 1.82) is 0 Å². The number of carbonyl (C=O) groups excluding carboxylic acids is 4. The first-order valence-electron chi connectivity index (χ1n) is 9.81. The minimum absolute atomic E-state index is 0.116. The molecule has 6 nitrogen and oxygen atoms in total. The van der Waals surface area contributed by atoms with Gasteiger partial charge in [-0.1, -0.05) is 31.4 Å². The highest BCUT2D eigenvalue weighted by molar-refractivity contribution is 6.05. The molecule has 0 saturated carbocycles. The van der Waals surface area contributed by atoms with Crippen LogP contribution in [0, 0.1) is 0 Å². The third-order valence-corrected chi connectivity index (χ3v) is 5.45. The predicted octanol–water partition coefficient (Wildman–Crippen LogP) is 2.53. The fraction of sp³-hybridized carbons (Fsp3) is 0.524. The Morgan fingerprint density at radius 2 is 1.85 bits per heavy atom. The van der Waals surface area contributed by atoms with Crippen LogP contribution in [0.5, 0.6) is 0 Å². The van der Waals surface area contributed by atoms with Gasteiger partial charge >= 0.3 is 0 Å². The van der Waals surface area contributed by atoms with E-state index in [1.54, 1.807) is 4.90 Å². The van der Waals surface area contributed by atoms with Gasteiger partial charge in [-0.05, 0) is 42.9 Å². The third-order valence-electron chi connectivity index (χ3n) is 5.45. The van der Waals surface area contributed by atoms with Crippen LogP contribution >= 0.6 is 0 Å². The number of benzene rings is 1. The molecule has 1 N–H and O–H groups in total. The molecule has 1 unspecified atom stereocenters. The summed E-state index contributed by atoms with van der Waals surface area (Å²) >= 11 is 0. The van der Waals surface area contributed by atoms with Crippen molar-refractivity contribution in [2.24, 2.45) is 0 Å². The van der Waals surface area contributed by atoms with E-state index in [9.17, 15) is 19.2 Å². The first-order chi connectivity index (χ1) is 13.1. The number of hydrogen-bond donors (Lipinski definition) is 1. The molecular formula is C21H26N2O4. The monoisotopic (exact) mass is 370 g/mol. The van der Waals surface area contributed by atoms with Crippen LogP contribution in [0.15, 0.2) is 18.2 Å². The molecule has 3 amide bonds. The highest BCUT2D eigenvalue weighted by Gasteiger charge is 2.39. The minimum Gasteiger partial charge on any atom is -0.322 e. The van der Waals surface area contributed by atoms with E-state index in [4.69, 9.17) is 0 Å². The lowest BCUT2D eigenvalue weighted by Crippen LogP contribution is -2.52. The fourth-order valence-electron chi connectivity index (χ4n) is 3.96. The number of fused-ring (bicyclic) bond motifs is 1. The molecule has 0 aliphatic carbocycles. The Labute approximate surface area is 159 Å². The van der Waals surface area contributed by atoms with E-state index in [0.29, 0.717) is 24.9 Å². The maximum atomic E-state index is 12.8. The van der Waals surface area contributed by atoms with Gasteiger partial charge in [-0.3, -0.25) is 19.7 Å². The van der Waals surface area contributed by atoms with E-state index in [1.807, 2.05) is 12.1 Å². The second kappa shape index (κ2) is 8.93. The number of aryl methyl sites for hydroxylation is 1. The number of unbranched alkanes of at least 4 members (excludes halogenated alkanes) is 5. The van der Waals surface area contributed by atoms with E-state index in [2.05, 4.69) is 11.4 Å². The van der Waals surface area contributed by atoms with Gasteiger partial charge in [0.1, 0.15) is 12.3 Å². The zero-order chi connectivity index (χ0) is 19.2. The Morgan fingerprint density at radius 3 is 2.63 bits per heavy atom. The number of nitrogens with one attached hydrogen (secondary N) is 1. The Bertz CT molecular complexity index is 744. The summed E-state index contributed by atoms with van der Waals surface area (Å²) in [5.74, 6) is -0.756. The van der Waals surface area contributed by atoms with Gasteiger partial charge in [0.15, 0.2) is 0 Å². The average Bonchev–Trinajstić information content (AvgIpc) is 2.98. The number of imide groups is 1. The fourth-order valence-corrected chi connectivity index (χ4v) is 3.96. The van der Waals surface area contributed by atoms with Gasteiger partial charge in [-0.2, -0.15) is 0 Å². The van der Waals surface area contributed by atoms with E-state index in [1.165, 1.54) is 5.56 Å². The normalized spacial score (nSPS) is 19.2. The standard InChI is InChI=1S/C21H26N2O4/c24-13-6-4-2-1-3-5-8-15-9-7-10-16-17(15)14-23(21(16)27)18-11-12-19(25)22-20(18)26/h7,9-10,13,18H,1-6,8,11-12,14H2,(H,22,25,26). The number of hydrogen-bond acceptors (Lipinski definition) is 4. The van der Waals surface area contributed by atoms with Crippen molar-refractivity contribution in [2.45, 2.75) is 70.4 Å². The Hall–Kier alpha value is -2.50. The van der Waals surface area contributed by atoms with Crippen LogP contribution in [0.2, 0.25) is 0 Å². The summed E-state index contributed by atoms with van der Waals surface area (Å²) in [6, 6.07) is 5.23. The number of rotatable bonds is 9. The number of piperidine rings is 1. The summed E-state index contributed by atoms with van der Waals surface area (Å²) in [7, 11) is 0. The first kappa shape index (κ1) is 19.3. The molecule has 1 atom stereocenters. The van der Waals surface area contributed by atoms with Gasteiger partial charge in [0, 0.05) is 24.9 Å². The zero-order valence-corrected chi connectivity index (χ0v) is 15.5. The predicted molar refractivity (Wildman–Crippen MR) is 100.0 cm³/mol. The molecule has 1 aromatic rings. The van der Waals surface area contributed by atoms with Crippen LogP contribution < -0.4 is 5.32 Å². The zero-order valence-electron chi connectivity index (χ0n) is 15.5. The number of carbonyl (C=O) groups is 4. The molecule has 1 fully saturated rings. The van der Waals surface area contributed by atoms with Crippen molar-refractivity contribution >= 4 is 24.0 Å². The van der Waals surface area contributed by atoms with Crippen LogP contribution in [0.1, 0.15) is 72.9 Å². The molecule has 2 aliphatic heterocycles. The molecule has 2 aliphatic rings. The molecule has 1 saturated heterocycles. The van der Waals surface area contributed by atoms with Gasteiger partial charge in [-0.25, -0.2) is 0 Å². The topological polar surface area (TPSA) is 83.6 Å². The van der Waals surface area contributed by atoms with Gasteiger partial charge in [0.05, 0.1) is 0 Å². The molecule has 0 spiro atoms. The highest BCUT2D eigenvalue weighted by Crippen LogP contribution is 2.30. The maximum Gasteiger partial charge on any atom is 0.255 e. The van der Waals surface area contributed by atoms with Crippen molar-refractivity contribution in [2.75, 3.05) is 0 Å². The summed E-state index contributed by atoms with van der Waals surface area (Å²) in [4.78, 5) is 48.2. The summed E-state index contributed by atoms with van der Waals surface area (Å²) in [5.41, 5.74) is 2.87. The second-order valence-electron chi connectivity index (χ2n) is 7.32. The molecule has 27 heavy (non-hydrogen) atoms. The van der Waals surface area contributed by atoms with Crippen molar-refractivity contribution in [3.63, 3.8) is 0 Å². The molecule has 2 heterocycles. The van der Waals surface area contributed by atoms with Crippen molar-refractivity contribution in [1.82, 2.24) is 10.2 Å². The number of nitrogens with zero attached hydrogens (tertiary/aromatic N) is 1. The lowest BCUT2D eigenvalue weighted by Gasteiger charge is -2.29. The lowest BCUT2D eigenvalue weighted by atomic mass is 9.98. The smallest absolute Gasteiger partial charge is 0.255 e. The van der Waals surface area contributed by atoms with Gasteiger partial charge < -0.3 is 9.69 Å². The summed E-state index contributed by atoms with van der Waals surface area (Å²) < 4.78 is 0. The summed E-state index contributed by atoms with van der Waals surface area (Å²) in [6.07, 6.45) is 8.49. The van der Waals surface area contributed by atoms with Gasteiger partial charge in [-0.15, -0.1) is 0 Å². The molecule has 0 bridgehead atoms. The SMILES string of the molecule is O=CCCCCCCCc1cccc2c1CN(C1CCC(=O)NC1=O)C2=O. The highest BCUT2D eigenvalue weighted by atomic mass is 16.2. The number of amides is 3. The van der Waals surface area contributed by atoms with Crippen LogP contribution in [-0.2, 0) is 27.3 Å². The maximum absolute atomic E-state index is 12.8. The lowest BCUT2D eigenvalue weighted by molar-refractivity contribution is -0.136. The Morgan fingerprint density at radius 1 is 1.07 bits per heavy atom. The molecule has 0 aromatic heterocycles. The van der Waals surface area contributed by atoms with Crippen molar-refractivity contribution in [3.8, 4) is 0 Å². The minimum atomic E-state index is -0.562. The molecule has 3 rings (SSSR count). The van der Waals surface area contributed by atoms with Crippen LogP contribution in [0.3, 0.4) is 0 Å². The van der Waals surface area contributed by atoms with E-state index < -0.39 is 6.04 Å². The van der Waals surface area contributed by atoms with Gasteiger partial charge in [0.2, 0.25) is 11.8 Å². The van der Waals surface area contributed by atoms with Crippen LogP contribution in [0.4, 0.5) is 0 Å². The summed E-state index contributed by atoms with van der Waals surface area (Å²) in [5, 5.41) is 2.34. The Kier molecular flexibility index (Phi) is 6.37. The van der Waals surface area contributed by atoms with Gasteiger partial charge in [0.25, 0.3) is 5.91 Å². The van der Waals surface area contributed by atoms with E-state index >= 15 is 0 Å². The second-order valence-corrected chi connectivity index (χ2v) is 7.32.